The molecule has 0 spiro atoms. The van der Waals surface area contributed by atoms with Gasteiger partial charge < -0.3 is 14.5 Å². The van der Waals surface area contributed by atoms with Crippen LogP contribution in [0.4, 0.5) is 0 Å². The summed E-state index contributed by atoms with van der Waals surface area (Å²) in [6.07, 6.45) is 0.181. The maximum absolute atomic E-state index is 13.5. The van der Waals surface area contributed by atoms with Crippen LogP contribution in [0.3, 0.4) is 0 Å². The van der Waals surface area contributed by atoms with E-state index in [0.29, 0.717) is 29.9 Å². The Morgan fingerprint density at radius 1 is 0.833 bits per heavy atom. The number of hydrogen-bond acceptors (Lipinski definition) is 5. The Hall–Kier alpha value is -4.23. The van der Waals surface area contributed by atoms with Crippen LogP contribution in [0.2, 0.25) is 0 Å². The smallest absolute Gasteiger partial charge is 0.336 e. The SMILES string of the molecule is CCOC(=O)C1=C(C)N(Cc2cccc(C(=O)N3CCN(Cc4ccccc4)CC3)c2)C(=O)CC1c1cccc(C)c1. The van der Waals surface area contributed by atoms with Gasteiger partial charge in [0.05, 0.1) is 18.7 Å². The van der Waals surface area contributed by atoms with E-state index in [2.05, 4.69) is 29.2 Å². The van der Waals surface area contributed by atoms with E-state index in [-0.39, 0.29) is 37.3 Å². The van der Waals surface area contributed by atoms with Crippen molar-refractivity contribution in [2.24, 2.45) is 0 Å². The van der Waals surface area contributed by atoms with Gasteiger partial charge in [-0.05, 0) is 49.6 Å². The first-order chi connectivity index (χ1) is 20.3. The Balaban J connectivity index is 1.31. The number of carbonyl (C=O) groups excluding carboxylic acids is 3. The van der Waals surface area contributed by atoms with E-state index in [4.69, 9.17) is 4.74 Å². The lowest BCUT2D eigenvalue weighted by Gasteiger charge is -2.35. The number of nitrogens with zero attached hydrogens (tertiary/aromatic N) is 3. The highest BCUT2D eigenvalue weighted by atomic mass is 16.5. The monoisotopic (exact) mass is 565 g/mol. The molecule has 0 saturated carbocycles. The summed E-state index contributed by atoms with van der Waals surface area (Å²) < 4.78 is 5.44. The fourth-order valence-corrected chi connectivity index (χ4v) is 5.97. The number of carbonyl (C=O) groups is 3. The van der Waals surface area contributed by atoms with Gasteiger partial charge in [-0.15, -0.1) is 0 Å². The average Bonchev–Trinajstić information content (AvgIpc) is 3.00. The maximum Gasteiger partial charge on any atom is 0.336 e. The Labute approximate surface area is 248 Å². The van der Waals surface area contributed by atoms with Gasteiger partial charge >= 0.3 is 5.97 Å². The van der Waals surface area contributed by atoms with E-state index in [1.54, 1.807) is 11.8 Å². The molecule has 7 nitrogen and oxygen atoms in total. The molecule has 0 aliphatic carbocycles. The molecule has 2 amide bonds. The molecule has 1 saturated heterocycles. The Kier molecular flexibility index (Phi) is 9.18. The molecule has 218 valence electrons. The van der Waals surface area contributed by atoms with Crippen LogP contribution in [0.15, 0.2) is 90.1 Å². The summed E-state index contributed by atoms with van der Waals surface area (Å²) in [5.41, 5.74) is 5.85. The van der Waals surface area contributed by atoms with Crippen molar-refractivity contribution in [1.82, 2.24) is 14.7 Å². The number of ether oxygens (including phenoxy) is 1. The van der Waals surface area contributed by atoms with Gasteiger partial charge in [0, 0.05) is 56.3 Å². The summed E-state index contributed by atoms with van der Waals surface area (Å²) in [6, 6.07) is 25.8. The zero-order valence-corrected chi connectivity index (χ0v) is 24.7. The molecule has 2 aliphatic heterocycles. The third-order valence-corrected chi connectivity index (χ3v) is 8.19. The number of allylic oxidation sites excluding steroid dienone is 1. The van der Waals surface area contributed by atoms with Crippen molar-refractivity contribution in [3.8, 4) is 0 Å². The first-order valence-electron chi connectivity index (χ1n) is 14.7. The average molecular weight is 566 g/mol. The van der Waals surface area contributed by atoms with Crippen LogP contribution < -0.4 is 0 Å². The predicted octanol–water partition coefficient (Wildman–Crippen LogP) is 5.31. The van der Waals surface area contributed by atoms with Gasteiger partial charge in [-0.2, -0.15) is 0 Å². The molecule has 5 rings (SSSR count). The van der Waals surface area contributed by atoms with Gasteiger partial charge in [-0.3, -0.25) is 14.5 Å². The van der Waals surface area contributed by atoms with Crippen molar-refractivity contribution < 1.29 is 19.1 Å². The van der Waals surface area contributed by atoms with E-state index >= 15 is 0 Å². The first kappa shape index (κ1) is 29.3. The van der Waals surface area contributed by atoms with Crippen LogP contribution in [0, 0.1) is 6.92 Å². The zero-order chi connectivity index (χ0) is 29.6. The molecule has 7 heteroatoms. The highest BCUT2D eigenvalue weighted by Crippen LogP contribution is 2.38. The van der Waals surface area contributed by atoms with Gasteiger partial charge in [-0.25, -0.2) is 4.79 Å². The molecular weight excluding hydrogens is 526 g/mol. The lowest BCUT2D eigenvalue weighted by molar-refractivity contribution is -0.140. The van der Waals surface area contributed by atoms with Crippen LogP contribution in [-0.4, -0.2) is 65.3 Å². The molecule has 2 aliphatic rings. The van der Waals surface area contributed by atoms with Gasteiger partial charge in [0.15, 0.2) is 0 Å². The van der Waals surface area contributed by atoms with Crippen molar-refractivity contribution in [1.29, 1.82) is 0 Å². The van der Waals surface area contributed by atoms with Gasteiger partial charge in [-0.1, -0.05) is 72.3 Å². The molecule has 0 aromatic heterocycles. The minimum atomic E-state index is -0.394. The van der Waals surface area contributed by atoms with E-state index in [9.17, 15) is 14.4 Å². The molecule has 3 aromatic carbocycles. The molecule has 0 N–H and O–H groups in total. The summed E-state index contributed by atoms with van der Waals surface area (Å²) in [4.78, 5) is 46.0. The molecule has 1 unspecified atom stereocenters. The van der Waals surface area contributed by atoms with E-state index in [1.165, 1.54) is 5.56 Å². The molecular formula is C35H39N3O4. The summed E-state index contributed by atoms with van der Waals surface area (Å²) >= 11 is 0. The summed E-state index contributed by atoms with van der Waals surface area (Å²) in [6.45, 7) is 10.0. The van der Waals surface area contributed by atoms with Crippen LogP contribution in [0.25, 0.3) is 0 Å². The number of aryl methyl sites for hydroxylation is 1. The number of rotatable bonds is 8. The summed E-state index contributed by atoms with van der Waals surface area (Å²) in [7, 11) is 0. The number of esters is 1. The second kappa shape index (κ2) is 13.2. The van der Waals surface area contributed by atoms with Crippen molar-refractivity contribution in [2.45, 2.75) is 46.2 Å². The van der Waals surface area contributed by atoms with Crippen molar-refractivity contribution in [3.05, 3.63) is 118 Å². The van der Waals surface area contributed by atoms with E-state index in [1.807, 2.05) is 73.3 Å². The van der Waals surface area contributed by atoms with E-state index in [0.717, 1.165) is 36.3 Å². The predicted molar refractivity (Wildman–Crippen MR) is 162 cm³/mol. The van der Waals surface area contributed by atoms with Crippen LogP contribution in [0.1, 0.15) is 58.8 Å². The second-order valence-electron chi connectivity index (χ2n) is 11.1. The van der Waals surface area contributed by atoms with Crippen LogP contribution >= 0.6 is 0 Å². The molecule has 2 heterocycles. The maximum atomic E-state index is 13.5. The highest BCUT2D eigenvalue weighted by Gasteiger charge is 2.37. The normalized spacial score (nSPS) is 17.9. The number of benzene rings is 3. The largest absolute Gasteiger partial charge is 0.463 e. The third-order valence-electron chi connectivity index (χ3n) is 8.19. The topological polar surface area (TPSA) is 70.2 Å². The molecule has 42 heavy (non-hydrogen) atoms. The van der Waals surface area contributed by atoms with Crippen molar-refractivity contribution in [3.63, 3.8) is 0 Å². The van der Waals surface area contributed by atoms with Gasteiger partial charge in [0.2, 0.25) is 5.91 Å². The first-order valence-corrected chi connectivity index (χ1v) is 14.7. The summed E-state index contributed by atoms with van der Waals surface area (Å²) in [5.74, 6) is -0.811. The molecule has 0 radical (unpaired) electrons. The molecule has 1 fully saturated rings. The van der Waals surface area contributed by atoms with Crippen molar-refractivity contribution >= 4 is 17.8 Å². The van der Waals surface area contributed by atoms with Crippen LogP contribution in [0.5, 0.6) is 0 Å². The Bertz CT molecular complexity index is 1470. The molecule has 1 atom stereocenters. The Morgan fingerprint density at radius 2 is 1.55 bits per heavy atom. The highest BCUT2D eigenvalue weighted by molar-refractivity contribution is 5.96. The standard InChI is InChI=1S/C35H39N3O4/c1-4-42-35(41)33-26(3)38(32(39)22-31(33)29-14-8-10-25(2)20-29)24-28-13-9-15-30(21-28)34(40)37-18-16-36(17-19-37)23-27-11-6-5-7-12-27/h5-15,20-21,31H,4,16-19,22-24H2,1-3H3. The number of amides is 2. The minimum absolute atomic E-state index is 0.000157. The molecule has 3 aromatic rings. The lowest BCUT2D eigenvalue weighted by Crippen LogP contribution is -2.48. The van der Waals surface area contributed by atoms with Gasteiger partial charge in [0.1, 0.15) is 0 Å². The van der Waals surface area contributed by atoms with Crippen molar-refractivity contribution in [2.75, 3.05) is 32.8 Å². The quantitative estimate of drug-likeness (QED) is 0.347. The fraction of sp³-hybridized carbons (Fsp3) is 0.343. The number of piperazine rings is 1. The molecule has 0 bridgehead atoms. The lowest BCUT2D eigenvalue weighted by atomic mass is 9.83. The van der Waals surface area contributed by atoms with E-state index < -0.39 is 5.97 Å². The minimum Gasteiger partial charge on any atom is -0.463 e. The number of hydrogen-bond donors (Lipinski definition) is 0. The fourth-order valence-electron chi connectivity index (χ4n) is 5.97. The Morgan fingerprint density at radius 3 is 2.26 bits per heavy atom. The third kappa shape index (κ3) is 6.63. The van der Waals surface area contributed by atoms with Gasteiger partial charge in [0.25, 0.3) is 5.91 Å². The zero-order valence-electron chi connectivity index (χ0n) is 24.7. The summed E-state index contributed by atoms with van der Waals surface area (Å²) in [5, 5.41) is 0. The second-order valence-corrected chi connectivity index (χ2v) is 11.1. The van der Waals surface area contributed by atoms with Crippen LogP contribution in [-0.2, 0) is 27.4 Å².